The molecule has 4 rings (SSSR count). The van der Waals surface area contributed by atoms with Gasteiger partial charge in [-0.2, -0.15) is 8.61 Å². The van der Waals surface area contributed by atoms with E-state index in [2.05, 4.69) is 0 Å². The first-order valence-corrected chi connectivity index (χ1v) is 14.3. The fourth-order valence-electron chi connectivity index (χ4n) is 3.77. The van der Waals surface area contributed by atoms with Gasteiger partial charge in [0.1, 0.15) is 0 Å². The molecule has 1 aromatic heterocycles. The molecule has 0 saturated carbocycles. The summed E-state index contributed by atoms with van der Waals surface area (Å²) in [5, 5.41) is 1.93. The lowest BCUT2D eigenvalue weighted by Crippen LogP contribution is -2.32. The van der Waals surface area contributed by atoms with Gasteiger partial charge in [-0.15, -0.1) is 11.3 Å². The Balaban J connectivity index is 1.58. The summed E-state index contributed by atoms with van der Waals surface area (Å²) in [6.45, 7) is 1.63. The quantitative estimate of drug-likeness (QED) is 0.455. The summed E-state index contributed by atoms with van der Waals surface area (Å²) >= 11 is 1.51. The molecule has 0 aliphatic carbocycles. The van der Waals surface area contributed by atoms with E-state index in [1.54, 1.807) is 0 Å². The van der Waals surface area contributed by atoms with Crippen LogP contribution in [0, 0.1) is 0 Å². The lowest BCUT2D eigenvalue weighted by Gasteiger charge is -2.22. The van der Waals surface area contributed by atoms with Crippen molar-refractivity contribution in [2.24, 2.45) is 0 Å². The van der Waals surface area contributed by atoms with Gasteiger partial charge in [0.25, 0.3) is 0 Å². The second-order valence-electron chi connectivity index (χ2n) is 7.74. The van der Waals surface area contributed by atoms with Gasteiger partial charge in [0.2, 0.25) is 20.0 Å². The number of nitrogens with zero attached hydrogens (tertiary/aromatic N) is 2. The molecule has 2 heterocycles. The monoisotopic (exact) mass is 490 g/mol. The molecule has 0 bridgehead atoms. The maximum Gasteiger partial charge on any atom is 0.243 e. The van der Waals surface area contributed by atoms with E-state index < -0.39 is 20.0 Å². The van der Waals surface area contributed by atoms with Gasteiger partial charge in [0.15, 0.2) is 0 Å². The third-order valence-electron chi connectivity index (χ3n) is 5.57. The van der Waals surface area contributed by atoms with Gasteiger partial charge in [0.05, 0.1) is 9.79 Å². The zero-order valence-electron chi connectivity index (χ0n) is 17.6. The minimum atomic E-state index is -3.80. The van der Waals surface area contributed by atoms with Crippen LogP contribution in [-0.4, -0.2) is 45.1 Å². The minimum absolute atomic E-state index is 0.0995. The molecule has 0 amide bonds. The molecule has 2 aromatic carbocycles. The molecule has 0 atom stereocenters. The van der Waals surface area contributed by atoms with Gasteiger partial charge >= 0.3 is 0 Å². The standard InChI is InChI=1S/C23H26N2O4S3/c26-31(27,24-15-4-5-16-24)22-10-12-23(13-11-22)32(28,29)25(19-21-9-6-18-30-21)17-14-20-7-2-1-3-8-20/h1-3,6-13,18H,4-5,14-17,19H2. The van der Waals surface area contributed by atoms with Crippen LogP contribution in [0.2, 0.25) is 0 Å². The Morgan fingerprint density at radius 3 is 2.09 bits per heavy atom. The van der Waals surface area contributed by atoms with Crippen LogP contribution in [0.4, 0.5) is 0 Å². The van der Waals surface area contributed by atoms with E-state index in [0.29, 0.717) is 26.1 Å². The molecule has 9 heteroatoms. The average molecular weight is 491 g/mol. The third-order valence-corrected chi connectivity index (χ3v) is 10.2. The molecule has 1 fully saturated rings. The van der Waals surface area contributed by atoms with Crippen molar-refractivity contribution in [1.82, 2.24) is 8.61 Å². The van der Waals surface area contributed by atoms with Crippen LogP contribution in [0.15, 0.2) is 81.9 Å². The van der Waals surface area contributed by atoms with Gasteiger partial charge in [0, 0.05) is 31.1 Å². The van der Waals surface area contributed by atoms with E-state index in [0.717, 1.165) is 23.3 Å². The van der Waals surface area contributed by atoms with Crippen molar-refractivity contribution in [3.63, 3.8) is 0 Å². The molecule has 0 radical (unpaired) electrons. The number of rotatable bonds is 9. The topological polar surface area (TPSA) is 74.8 Å². The van der Waals surface area contributed by atoms with Crippen molar-refractivity contribution in [2.45, 2.75) is 35.6 Å². The molecule has 1 aliphatic rings. The molecular formula is C23H26N2O4S3. The first-order valence-electron chi connectivity index (χ1n) is 10.5. The van der Waals surface area contributed by atoms with Gasteiger partial charge in [-0.3, -0.25) is 0 Å². The van der Waals surface area contributed by atoms with Gasteiger partial charge in [-0.1, -0.05) is 36.4 Å². The molecule has 0 spiro atoms. The summed E-state index contributed by atoms with van der Waals surface area (Å²) in [4.78, 5) is 1.19. The number of benzene rings is 2. The fourth-order valence-corrected chi connectivity index (χ4v) is 7.51. The highest BCUT2D eigenvalue weighted by Crippen LogP contribution is 2.25. The van der Waals surface area contributed by atoms with Gasteiger partial charge in [-0.05, 0) is 60.5 Å². The van der Waals surface area contributed by atoms with E-state index in [9.17, 15) is 16.8 Å². The van der Waals surface area contributed by atoms with E-state index in [4.69, 9.17) is 0 Å². The van der Waals surface area contributed by atoms with Crippen LogP contribution >= 0.6 is 11.3 Å². The van der Waals surface area contributed by atoms with Crippen molar-refractivity contribution in [2.75, 3.05) is 19.6 Å². The molecule has 1 saturated heterocycles. The molecule has 32 heavy (non-hydrogen) atoms. The number of hydrogen-bond acceptors (Lipinski definition) is 5. The third kappa shape index (κ3) is 5.13. The number of hydrogen-bond donors (Lipinski definition) is 0. The summed E-state index contributed by atoms with van der Waals surface area (Å²) in [5.41, 5.74) is 1.06. The van der Waals surface area contributed by atoms with Crippen molar-refractivity contribution in [1.29, 1.82) is 0 Å². The Morgan fingerprint density at radius 2 is 1.47 bits per heavy atom. The van der Waals surface area contributed by atoms with Crippen LogP contribution in [0.5, 0.6) is 0 Å². The highest BCUT2D eigenvalue weighted by atomic mass is 32.2. The second kappa shape index (κ2) is 9.84. The fraction of sp³-hybridized carbons (Fsp3) is 0.304. The van der Waals surface area contributed by atoms with Crippen LogP contribution in [0.1, 0.15) is 23.3 Å². The van der Waals surface area contributed by atoms with Crippen LogP contribution < -0.4 is 0 Å². The highest BCUT2D eigenvalue weighted by molar-refractivity contribution is 7.89. The Labute approximate surface area is 194 Å². The average Bonchev–Trinajstić information content (AvgIpc) is 3.52. The molecule has 6 nitrogen and oxygen atoms in total. The maximum atomic E-state index is 13.5. The van der Waals surface area contributed by atoms with Crippen LogP contribution in [0.25, 0.3) is 0 Å². The number of sulfonamides is 2. The number of thiophene rings is 1. The van der Waals surface area contributed by atoms with Crippen molar-refractivity contribution in [3.05, 3.63) is 82.6 Å². The molecule has 0 N–H and O–H groups in total. The van der Waals surface area contributed by atoms with Crippen molar-refractivity contribution in [3.8, 4) is 0 Å². The Morgan fingerprint density at radius 1 is 0.812 bits per heavy atom. The Kier molecular flexibility index (Phi) is 7.11. The van der Waals surface area contributed by atoms with E-state index in [1.807, 2.05) is 47.8 Å². The zero-order chi connectivity index (χ0) is 22.6. The predicted octanol–water partition coefficient (Wildman–Crippen LogP) is 3.97. The normalized spacial score (nSPS) is 15.4. The summed E-state index contributed by atoms with van der Waals surface area (Å²) in [7, 11) is -7.38. The summed E-state index contributed by atoms with van der Waals surface area (Å²) in [6, 6.07) is 19.2. The van der Waals surface area contributed by atoms with E-state index in [-0.39, 0.29) is 16.3 Å². The van der Waals surface area contributed by atoms with Crippen LogP contribution in [-0.2, 0) is 33.0 Å². The Bertz CT molecular complexity index is 1220. The van der Waals surface area contributed by atoms with Crippen molar-refractivity contribution < 1.29 is 16.8 Å². The molecule has 1 aliphatic heterocycles. The first-order chi connectivity index (χ1) is 15.4. The summed E-state index contributed by atoms with van der Waals surface area (Å²) in [5.74, 6) is 0. The molecular weight excluding hydrogens is 464 g/mol. The maximum absolute atomic E-state index is 13.5. The summed E-state index contributed by atoms with van der Waals surface area (Å²) in [6.07, 6.45) is 2.29. The zero-order valence-corrected chi connectivity index (χ0v) is 20.1. The van der Waals surface area contributed by atoms with Crippen molar-refractivity contribution >= 4 is 31.4 Å². The molecule has 0 unspecified atom stereocenters. The van der Waals surface area contributed by atoms with Crippen LogP contribution in [0.3, 0.4) is 0 Å². The highest BCUT2D eigenvalue weighted by Gasteiger charge is 2.29. The minimum Gasteiger partial charge on any atom is -0.207 e. The lowest BCUT2D eigenvalue weighted by molar-refractivity contribution is 0.412. The smallest absolute Gasteiger partial charge is 0.207 e. The molecule has 3 aromatic rings. The SMILES string of the molecule is O=S(=O)(c1ccc(S(=O)(=O)N(CCc2ccccc2)Cc2cccs2)cc1)N1CCCC1. The Hall–Kier alpha value is -2.04. The largest absolute Gasteiger partial charge is 0.243 e. The van der Waals surface area contributed by atoms with Gasteiger partial charge < -0.3 is 0 Å². The first kappa shape index (κ1) is 23.1. The van der Waals surface area contributed by atoms with E-state index in [1.165, 1.54) is 44.2 Å². The second-order valence-corrected chi connectivity index (χ2v) is 12.6. The van der Waals surface area contributed by atoms with Gasteiger partial charge in [-0.25, -0.2) is 16.8 Å². The molecule has 170 valence electrons. The summed E-state index contributed by atoms with van der Waals surface area (Å²) < 4.78 is 55.4. The predicted molar refractivity (Wildman–Crippen MR) is 126 cm³/mol. The lowest BCUT2D eigenvalue weighted by atomic mass is 10.1. The van der Waals surface area contributed by atoms with E-state index >= 15 is 0 Å².